The van der Waals surface area contributed by atoms with Gasteiger partial charge in [-0.1, -0.05) is 30.3 Å². The normalized spacial score (nSPS) is 10.1. The quantitative estimate of drug-likeness (QED) is 0.612. The Morgan fingerprint density at radius 1 is 1.06 bits per heavy atom. The number of carbonyl (C=O) groups is 1. The van der Waals surface area contributed by atoms with Crippen molar-refractivity contribution in [3.63, 3.8) is 0 Å². The highest BCUT2D eigenvalue weighted by atomic mass is 16.1. The average molecular weight is 211 g/mol. The highest BCUT2D eigenvalue weighted by molar-refractivity contribution is 5.78. The minimum atomic E-state index is 0.685. The second-order valence-electron chi connectivity index (χ2n) is 3.81. The van der Waals surface area contributed by atoms with Gasteiger partial charge in [0.05, 0.1) is 0 Å². The first-order valence-electron chi connectivity index (χ1n) is 5.12. The van der Waals surface area contributed by atoms with Crippen LogP contribution in [0.3, 0.4) is 0 Å². The van der Waals surface area contributed by atoms with E-state index in [1.807, 2.05) is 49.4 Å². The Labute approximate surface area is 94.7 Å². The summed E-state index contributed by atoms with van der Waals surface area (Å²) >= 11 is 0. The Hall–Kier alpha value is -2.09. The van der Waals surface area contributed by atoms with Crippen molar-refractivity contribution in [2.45, 2.75) is 6.92 Å². The summed E-state index contributed by atoms with van der Waals surface area (Å²) in [5.74, 6) is 0. The number of hydrogen-bond donors (Lipinski definition) is 1. The molecule has 0 aliphatic heterocycles. The zero-order valence-corrected chi connectivity index (χ0v) is 9.10. The lowest BCUT2D eigenvalue weighted by Gasteiger charge is -2.07. The molecule has 0 radical (unpaired) electrons. The molecule has 0 saturated heterocycles. The fraction of sp³-hybridized carbons (Fsp3) is 0.0714. The maximum absolute atomic E-state index is 10.6. The summed E-state index contributed by atoms with van der Waals surface area (Å²) in [6.45, 7) is 2.04. The molecule has 0 fully saturated rings. The van der Waals surface area contributed by atoms with Crippen molar-refractivity contribution in [3.05, 3.63) is 53.6 Å². The summed E-state index contributed by atoms with van der Waals surface area (Å²) in [7, 11) is 0. The maximum atomic E-state index is 10.6. The smallest absolute Gasteiger partial charge is 0.150 e. The molecule has 2 nitrogen and oxygen atoms in total. The first-order chi connectivity index (χ1) is 7.70. The van der Waals surface area contributed by atoms with E-state index >= 15 is 0 Å². The van der Waals surface area contributed by atoms with Crippen LogP contribution in [0.4, 0.5) is 5.69 Å². The highest BCUT2D eigenvalue weighted by Gasteiger charge is 2.02. The van der Waals surface area contributed by atoms with Crippen LogP contribution >= 0.6 is 0 Å². The van der Waals surface area contributed by atoms with Crippen molar-refractivity contribution in [2.75, 3.05) is 5.73 Å². The van der Waals surface area contributed by atoms with Crippen LogP contribution < -0.4 is 5.73 Å². The van der Waals surface area contributed by atoms with Gasteiger partial charge in [0.2, 0.25) is 0 Å². The molecule has 0 heterocycles. The van der Waals surface area contributed by atoms with Gasteiger partial charge in [-0.3, -0.25) is 4.79 Å². The van der Waals surface area contributed by atoms with E-state index in [1.165, 1.54) is 5.56 Å². The molecular weight excluding hydrogens is 198 g/mol. The number of nitrogen functional groups attached to an aromatic ring is 1. The molecule has 16 heavy (non-hydrogen) atoms. The van der Waals surface area contributed by atoms with E-state index in [2.05, 4.69) is 0 Å². The number of aldehydes is 1. The Bertz CT molecular complexity index is 515. The van der Waals surface area contributed by atoms with Crippen LogP contribution in [0.2, 0.25) is 0 Å². The molecule has 0 aliphatic carbocycles. The predicted molar refractivity (Wildman–Crippen MR) is 66.4 cm³/mol. The van der Waals surface area contributed by atoms with E-state index in [4.69, 9.17) is 5.73 Å². The molecule has 0 unspecified atom stereocenters. The Balaban J connectivity index is 2.49. The third-order valence-electron chi connectivity index (χ3n) is 2.62. The number of rotatable bonds is 2. The Kier molecular flexibility index (Phi) is 2.73. The lowest BCUT2D eigenvalue weighted by Crippen LogP contribution is -1.89. The molecule has 2 aromatic rings. The topological polar surface area (TPSA) is 43.1 Å². The predicted octanol–water partition coefficient (Wildman–Crippen LogP) is 3.06. The van der Waals surface area contributed by atoms with Gasteiger partial charge in [-0.2, -0.15) is 0 Å². The largest absolute Gasteiger partial charge is 0.399 e. The highest BCUT2D eigenvalue weighted by Crippen LogP contribution is 2.25. The van der Waals surface area contributed by atoms with E-state index < -0.39 is 0 Å². The van der Waals surface area contributed by atoms with Gasteiger partial charge in [0.15, 0.2) is 0 Å². The molecule has 2 N–H and O–H groups in total. The number of carbonyl (C=O) groups excluding carboxylic acids is 1. The van der Waals surface area contributed by atoms with Crippen LogP contribution in [0.15, 0.2) is 42.5 Å². The van der Waals surface area contributed by atoms with Crippen LogP contribution in [0.5, 0.6) is 0 Å². The van der Waals surface area contributed by atoms with Crippen LogP contribution in [0, 0.1) is 6.92 Å². The van der Waals surface area contributed by atoms with Gasteiger partial charge >= 0.3 is 0 Å². The van der Waals surface area contributed by atoms with Gasteiger partial charge in [-0.25, -0.2) is 0 Å². The lowest BCUT2D eigenvalue weighted by molar-refractivity contribution is 0.112. The summed E-state index contributed by atoms with van der Waals surface area (Å²) < 4.78 is 0. The lowest BCUT2D eigenvalue weighted by atomic mass is 9.99. The first-order valence-corrected chi connectivity index (χ1v) is 5.12. The number of aryl methyl sites for hydroxylation is 1. The van der Waals surface area contributed by atoms with Gasteiger partial charge in [0, 0.05) is 11.3 Å². The van der Waals surface area contributed by atoms with Crippen molar-refractivity contribution in [1.29, 1.82) is 0 Å². The molecule has 2 heteroatoms. The summed E-state index contributed by atoms with van der Waals surface area (Å²) in [5, 5.41) is 0. The fourth-order valence-electron chi connectivity index (χ4n) is 1.69. The molecule has 0 aliphatic rings. The molecule has 2 aromatic carbocycles. The van der Waals surface area contributed by atoms with Gasteiger partial charge in [-0.05, 0) is 35.7 Å². The second-order valence-corrected chi connectivity index (χ2v) is 3.81. The second kappa shape index (κ2) is 4.19. The summed E-state index contributed by atoms with van der Waals surface area (Å²) in [4.78, 5) is 10.6. The van der Waals surface area contributed by atoms with E-state index in [0.29, 0.717) is 5.56 Å². The zero-order chi connectivity index (χ0) is 11.5. The fourth-order valence-corrected chi connectivity index (χ4v) is 1.69. The van der Waals surface area contributed by atoms with E-state index in [1.54, 1.807) is 0 Å². The summed E-state index contributed by atoms with van der Waals surface area (Å²) in [6.07, 6.45) is 0.843. The Morgan fingerprint density at radius 3 is 2.38 bits per heavy atom. The molecule has 0 aromatic heterocycles. The molecule has 80 valence electrons. The molecule has 0 atom stereocenters. The van der Waals surface area contributed by atoms with Crippen LogP contribution in [-0.2, 0) is 0 Å². The average Bonchev–Trinajstić information content (AvgIpc) is 2.32. The third-order valence-corrected chi connectivity index (χ3v) is 2.62. The third kappa shape index (κ3) is 1.96. The van der Waals surface area contributed by atoms with E-state index in [0.717, 1.165) is 23.1 Å². The van der Waals surface area contributed by atoms with Crippen molar-refractivity contribution in [1.82, 2.24) is 0 Å². The number of hydrogen-bond acceptors (Lipinski definition) is 2. The van der Waals surface area contributed by atoms with Crippen molar-refractivity contribution in [2.24, 2.45) is 0 Å². The Morgan fingerprint density at radius 2 is 1.75 bits per heavy atom. The molecule has 0 spiro atoms. The molecular formula is C14H13NO. The molecule has 2 rings (SSSR count). The van der Waals surface area contributed by atoms with Crippen LogP contribution in [0.25, 0.3) is 11.1 Å². The van der Waals surface area contributed by atoms with E-state index in [9.17, 15) is 4.79 Å². The number of nitrogens with two attached hydrogens (primary N) is 1. The van der Waals surface area contributed by atoms with Gasteiger partial charge in [0.25, 0.3) is 0 Å². The molecule has 0 amide bonds. The zero-order valence-electron chi connectivity index (χ0n) is 9.10. The maximum Gasteiger partial charge on any atom is 0.150 e. The number of anilines is 1. The summed E-state index contributed by atoms with van der Waals surface area (Å²) in [5.41, 5.74) is 10.6. The standard InChI is InChI=1S/C14H13NO/c1-10-2-7-13(15)8-14(10)12-5-3-11(9-16)4-6-12/h2-9H,15H2,1H3. The van der Waals surface area contributed by atoms with Gasteiger partial charge < -0.3 is 5.73 Å². The SMILES string of the molecule is Cc1ccc(N)cc1-c1ccc(C=O)cc1. The first kappa shape index (κ1) is 10.4. The molecule has 0 bridgehead atoms. The van der Waals surface area contributed by atoms with E-state index in [-0.39, 0.29) is 0 Å². The van der Waals surface area contributed by atoms with Gasteiger partial charge in [0.1, 0.15) is 6.29 Å². The number of benzene rings is 2. The van der Waals surface area contributed by atoms with Crippen molar-refractivity contribution in [3.8, 4) is 11.1 Å². The molecule has 0 saturated carbocycles. The minimum absolute atomic E-state index is 0.685. The van der Waals surface area contributed by atoms with Gasteiger partial charge in [-0.15, -0.1) is 0 Å². The van der Waals surface area contributed by atoms with Crippen LogP contribution in [0.1, 0.15) is 15.9 Å². The monoisotopic (exact) mass is 211 g/mol. The summed E-state index contributed by atoms with van der Waals surface area (Å²) in [6, 6.07) is 13.3. The van der Waals surface area contributed by atoms with Crippen LogP contribution in [-0.4, -0.2) is 6.29 Å². The minimum Gasteiger partial charge on any atom is -0.399 e. The van der Waals surface area contributed by atoms with Crippen molar-refractivity contribution >= 4 is 12.0 Å². The van der Waals surface area contributed by atoms with Crippen molar-refractivity contribution < 1.29 is 4.79 Å².